The summed E-state index contributed by atoms with van der Waals surface area (Å²) >= 11 is 5.61. The van der Waals surface area contributed by atoms with E-state index in [0.29, 0.717) is 10.6 Å². The second-order valence-corrected chi connectivity index (χ2v) is 12.9. The highest BCUT2D eigenvalue weighted by Gasteiger charge is 2.11. The van der Waals surface area contributed by atoms with Crippen LogP contribution in [-0.2, 0) is 0 Å². The van der Waals surface area contributed by atoms with Crippen LogP contribution in [0.4, 0.5) is 0 Å². The van der Waals surface area contributed by atoms with Crippen molar-refractivity contribution in [3.05, 3.63) is 174 Å². The van der Waals surface area contributed by atoms with E-state index in [-0.39, 0.29) is 14.9 Å². The number of aromatic nitrogens is 4. The lowest BCUT2D eigenvalue weighted by Gasteiger charge is -2.08. The van der Waals surface area contributed by atoms with Crippen molar-refractivity contribution in [3.63, 3.8) is 0 Å². The summed E-state index contributed by atoms with van der Waals surface area (Å²) in [5.74, 6) is 0. The topological polar surface area (TPSA) is 92.0 Å². The number of hydrogen-bond acceptors (Lipinski definition) is 6. The van der Waals surface area contributed by atoms with Gasteiger partial charge in [0, 0.05) is 18.0 Å². The van der Waals surface area contributed by atoms with E-state index in [4.69, 9.17) is 11.6 Å². The Morgan fingerprint density at radius 1 is 0.463 bits per heavy atom. The molecule has 0 unspecified atom stereocenters. The molecule has 2 aromatic heterocycles. The van der Waals surface area contributed by atoms with Crippen molar-refractivity contribution >= 4 is 45.7 Å². The lowest BCUT2D eigenvalue weighted by molar-refractivity contribution is 0.426. The van der Waals surface area contributed by atoms with Gasteiger partial charge in [-0.05, 0) is 95.2 Å². The molecule has 0 spiro atoms. The van der Waals surface area contributed by atoms with E-state index in [1.54, 1.807) is 18.3 Å². The van der Waals surface area contributed by atoms with E-state index in [1.165, 1.54) is 27.5 Å². The summed E-state index contributed by atoms with van der Waals surface area (Å²) in [4.78, 5) is 17.0. The molecule has 0 saturated carbocycles. The van der Waals surface area contributed by atoms with Gasteiger partial charge >= 0.3 is 7.12 Å². The number of halogens is 1. The van der Waals surface area contributed by atoms with Gasteiger partial charge < -0.3 is 10.0 Å². The van der Waals surface area contributed by atoms with Crippen molar-refractivity contribution in [2.24, 2.45) is 0 Å². The molecular weight excluding hydrogens is 687 g/mol. The van der Waals surface area contributed by atoms with E-state index in [1.807, 2.05) is 76.4 Å². The molecule has 8 rings (SSSR count). The Morgan fingerprint density at radius 2 is 0.889 bits per heavy atom. The fourth-order valence-corrected chi connectivity index (χ4v) is 5.99. The summed E-state index contributed by atoms with van der Waals surface area (Å²) in [6.45, 7) is 7.70. The second-order valence-electron chi connectivity index (χ2n) is 12.5. The lowest BCUT2D eigenvalue weighted by atomic mass is 9.79. The van der Waals surface area contributed by atoms with Gasteiger partial charge in [0.1, 0.15) is 5.15 Å². The first kappa shape index (κ1) is 41.0. The molecule has 0 bridgehead atoms. The highest BCUT2D eigenvalue weighted by atomic mass is 35.5. The van der Waals surface area contributed by atoms with Gasteiger partial charge in [0.15, 0.2) is 0 Å². The zero-order chi connectivity index (χ0) is 36.6. The number of fused-ring (bicyclic) bond motifs is 2. The SMILES string of the molecule is C.C.Cc1cnc(-c2ccc3cc(-c4ccccc4)ccc3c2)c(C)n1.Cc1cnc(Cl)c(C)n1.OB(O)c1ccc2cc(-c3ccccc3)ccc2c1. The van der Waals surface area contributed by atoms with Crippen molar-refractivity contribution < 1.29 is 10.0 Å². The van der Waals surface area contributed by atoms with Crippen LogP contribution in [0, 0.1) is 27.7 Å². The van der Waals surface area contributed by atoms with Gasteiger partial charge in [-0.15, -0.1) is 0 Å². The Bertz CT molecular complexity index is 2460. The van der Waals surface area contributed by atoms with Crippen LogP contribution in [0.3, 0.4) is 0 Å². The molecule has 2 N–H and O–H groups in total. The summed E-state index contributed by atoms with van der Waals surface area (Å²) in [5, 5.41) is 23.4. The summed E-state index contributed by atoms with van der Waals surface area (Å²) in [5.41, 5.74) is 11.0. The van der Waals surface area contributed by atoms with Crippen molar-refractivity contribution in [1.29, 1.82) is 0 Å². The molecular formula is C46H46BClN4O2. The first-order chi connectivity index (χ1) is 25.1. The average Bonchev–Trinajstić information content (AvgIpc) is 3.17. The molecule has 0 aliphatic rings. The normalized spacial score (nSPS) is 10.2. The molecule has 2 heterocycles. The van der Waals surface area contributed by atoms with Crippen LogP contribution in [0.25, 0.3) is 55.1 Å². The van der Waals surface area contributed by atoms with Crippen LogP contribution < -0.4 is 5.46 Å². The van der Waals surface area contributed by atoms with Crippen molar-refractivity contribution in [3.8, 4) is 33.5 Å². The molecule has 8 heteroatoms. The number of nitrogens with zero attached hydrogens (tertiary/aromatic N) is 4. The third-order valence-electron chi connectivity index (χ3n) is 8.56. The van der Waals surface area contributed by atoms with E-state index >= 15 is 0 Å². The lowest BCUT2D eigenvalue weighted by Crippen LogP contribution is -2.29. The minimum absolute atomic E-state index is 0. The second kappa shape index (κ2) is 18.9. The van der Waals surface area contributed by atoms with Crippen LogP contribution in [0.15, 0.2) is 146 Å². The van der Waals surface area contributed by atoms with Crippen molar-refractivity contribution in [2.75, 3.05) is 0 Å². The zero-order valence-corrected chi connectivity index (χ0v) is 30.3. The first-order valence-electron chi connectivity index (χ1n) is 17.0. The predicted octanol–water partition coefficient (Wildman–Crippen LogP) is 10.8. The fraction of sp³-hybridized carbons (Fsp3) is 0.130. The van der Waals surface area contributed by atoms with E-state index in [2.05, 4.69) is 98.8 Å². The highest BCUT2D eigenvalue weighted by molar-refractivity contribution is 6.58. The van der Waals surface area contributed by atoms with Gasteiger partial charge in [-0.1, -0.05) is 142 Å². The van der Waals surface area contributed by atoms with Crippen molar-refractivity contribution in [1.82, 2.24) is 19.9 Å². The summed E-state index contributed by atoms with van der Waals surface area (Å²) in [7, 11) is -1.42. The molecule has 6 aromatic carbocycles. The summed E-state index contributed by atoms with van der Waals surface area (Å²) in [6.07, 6.45) is 3.47. The molecule has 0 saturated heterocycles. The Labute approximate surface area is 324 Å². The molecule has 0 amide bonds. The average molecular weight is 733 g/mol. The molecule has 8 aromatic rings. The van der Waals surface area contributed by atoms with Gasteiger partial charge in [0.25, 0.3) is 0 Å². The maximum absolute atomic E-state index is 9.17. The highest BCUT2D eigenvalue weighted by Crippen LogP contribution is 2.29. The van der Waals surface area contributed by atoms with Gasteiger partial charge in [0.2, 0.25) is 0 Å². The molecule has 0 atom stereocenters. The summed E-state index contributed by atoms with van der Waals surface area (Å²) < 4.78 is 0. The third-order valence-corrected chi connectivity index (χ3v) is 8.94. The molecule has 0 fully saturated rings. The molecule has 0 aliphatic carbocycles. The molecule has 0 aliphatic heterocycles. The quantitative estimate of drug-likeness (QED) is 0.175. The van der Waals surface area contributed by atoms with E-state index < -0.39 is 7.12 Å². The summed E-state index contributed by atoms with van der Waals surface area (Å²) in [6, 6.07) is 45.3. The van der Waals surface area contributed by atoms with Crippen LogP contribution in [-0.4, -0.2) is 37.1 Å². The van der Waals surface area contributed by atoms with Crippen molar-refractivity contribution in [2.45, 2.75) is 42.5 Å². The van der Waals surface area contributed by atoms with Gasteiger partial charge in [-0.25, -0.2) is 4.98 Å². The molecule has 6 nitrogen and oxygen atoms in total. The van der Waals surface area contributed by atoms with Gasteiger partial charge in [0.05, 0.1) is 28.5 Å². The maximum Gasteiger partial charge on any atom is 0.488 e. The zero-order valence-electron chi connectivity index (χ0n) is 29.5. The molecule has 0 radical (unpaired) electrons. The van der Waals surface area contributed by atoms with E-state index in [0.717, 1.165) is 50.4 Å². The molecule has 54 heavy (non-hydrogen) atoms. The number of rotatable bonds is 4. The Kier molecular flexibility index (Phi) is 14.3. The van der Waals surface area contributed by atoms with Gasteiger partial charge in [-0.2, -0.15) is 0 Å². The first-order valence-corrected chi connectivity index (χ1v) is 17.3. The van der Waals surface area contributed by atoms with Crippen LogP contribution in [0.2, 0.25) is 5.15 Å². The minimum Gasteiger partial charge on any atom is -0.423 e. The Morgan fingerprint density at radius 3 is 1.35 bits per heavy atom. The third kappa shape index (κ3) is 10.2. The number of benzene rings is 6. The number of aryl methyl sites for hydroxylation is 4. The van der Waals surface area contributed by atoms with Crippen LogP contribution >= 0.6 is 11.6 Å². The number of hydrogen-bond donors (Lipinski definition) is 2. The monoisotopic (exact) mass is 732 g/mol. The van der Waals surface area contributed by atoms with Gasteiger partial charge in [-0.3, -0.25) is 15.0 Å². The minimum atomic E-state index is -1.42. The largest absolute Gasteiger partial charge is 0.488 e. The fourth-order valence-electron chi connectivity index (χ4n) is 5.90. The maximum atomic E-state index is 9.17. The smallest absolute Gasteiger partial charge is 0.423 e. The molecule has 272 valence electrons. The standard InChI is InChI=1S/C22H18N2.C16H13BO2.C6H7ClN2.2CH4/c1-15-14-23-22(16(2)24-15)21-11-10-19-12-18(8-9-20(19)13-21)17-6-4-3-5-7-17;18-17(19)16-9-8-14-10-13(6-7-15(14)11-16)12-4-2-1-3-5-12;1-4-3-8-6(7)5(2)9-4;;/h3-14H,1-2H3;1-11,18-19H;3H,1-2H3;2*1H4. The van der Waals surface area contributed by atoms with Crippen LogP contribution in [0.5, 0.6) is 0 Å². The van der Waals surface area contributed by atoms with Crippen LogP contribution in [0.1, 0.15) is 37.6 Å². The Balaban J connectivity index is 0.000000194. The Hall–Kier alpha value is -5.73. The predicted molar refractivity (Wildman–Crippen MR) is 229 cm³/mol. The van der Waals surface area contributed by atoms with E-state index in [9.17, 15) is 10.0 Å².